The molecule has 2 aromatic heterocycles. The van der Waals surface area contributed by atoms with E-state index in [1.165, 1.54) is 0 Å². The molecule has 1 aromatic carbocycles. The first-order chi connectivity index (χ1) is 18.3. The number of nitrogens with one attached hydrogen (secondary N) is 2. The van der Waals surface area contributed by atoms with E-state index in [9.17, 15) is 9.59 Å². The number of benzene rings is 1. The van der Waals surface area contributed by atoms with Gasteiger partial charge in [0.1, 0.15) is 18.0 Å². The lowest BCUT2D eigenvalue weighted by atomic mass is 10.00. The number of carbonyl (C=O) groups is 1. The van der Waals surface area contributed by atoms with Gasteiger partial charge in [0, 0.05) is 50.7 Å². The molecule has 4 rings (SSSR count). The Labute approximate surface area is 223 Å². The van der Waals surface area contributed by atoms with Crippen molar-refractivity contribution in [2.45, 2.75) is 65.8 Å². The topological polar surface area (TPSA) is 107 Å². The molecular formula is C29H40N4O5. The number of hydrogen-bond acceptors (Lipinski definition) is 7. The Hall–Kier alpha value is -3.01. The fraction of sp³-hybridized carbons (Fsp3) is 0.552. The first kappa shape index (κ1) is 28.0. The number of pyridine rings is 1. The highest BCUT2D eigenvalue weighted by Crippen LogP contribution is 2.28. The van der Waals surface area contributed by atoms with Gasteiger partial charge in [-0.05, 0) is 62.3 Å². The van der Waals surface area contributed by atoms with Crippen LogP contribution in [-0.4, -0.2) is 59.6 Å². The molecule has 2 atom stereocenters. The molecule has 3 aromatic rings. The Balaban J connectivity index is 1.60. The zero-order valence-corrected chi connectivity index (χ0v) is 23.1. The molecule has 0 saturated carbocycles. The zero-order chi connectivity index (χ0) is 27.2. The average molecular weight is 525 g/mol. The molecule has 0 radical (unpaired) electrons. The summed E-state index contributed by atoms with van der Waals surface area (Å²) in [6.07, 6.45) is 3.47. The smallest absolute Gasteiger partial charge is 0.323 e. The number of ether oxygens (including phenoxy) is 3. The van der Waals surface area contributed by atoms with Crippen molar-refractivity contribution >= 4 is 17.0 Å². The molecule has 1 fully saturated rings. The number of fused-ring (bicyclic) bond motifs is 1. The number of nitrogens with zero attached hydrogens (tertiary/aromatic N) is 2. The first-order valence-corrected chi connectivity index (χ1v) is 13.5. The van der Waals surface area contributed by atoms with Crippen LogP contribution in [0.15, 0.2) is 35.3 Å². The van der Waals surface area contributed by atoms with E-state index in [-0.39, 0.29) is 23.6 Å². The van der Waals surface area contributed by atoms with Crippen molar-refractivity contribution in [1.29, 1.82) is 0 Å². The van der Waals surface area contributed by atoms with Crippen LogP contribution < -0.4 is 10.9 Å². The third-order valence-electron chi connectivity index (χ3n) is 7.11. The van der Waals surface area contributed by atoms with Gasteiger partial charge in [0.05, 0.1) is 17.6 Å². The summed E-state index contributed by atoms with van der Waals surface area (Å²) in [5.74, 6) is 1.13. The van der Waals surface area contributed by atoms with Crippen LogP contribution in [0, 0.1) is 18.8 Å². The fourth-order valence-corrected chi connectivity index (χ4v) is 4.96. The van der Waals surface area contributed by atoms with Crippen molar-refractivity contribution in [1.82, 2.24) is 19.9 Å². The van der Waals surface area contributed by atoms with E-state index >= 15 is 0 Å². The largest absolute Gasteiger partial charge is 0.459 e. The summed E-state index contributed by atoms with van der Waals surface area (Å²) >= 11 is 0. The maximum Gasteiger partial charge on any atom is 0.323 e. The van der Waals surface area contributed by atoms with Gasteiger partial charge in [0.15, 0.2) is 0 Å². The summed E-state index contributed by atoms with van der Waals surface area (Å²) in [6.45, 7) is 10.9. The van der Waals surface area contributed by atoms with Gasteiger partial charge in [-0.25, -0.2) is 4.98 Å². The molecule has 1 aliphatic heterocycles. The second kappa shape index (κ2) is 12.7. The second-order valence-electron chi connectivity index (χ2n) is 10.6. The molecule has 2 unspecified atom stereocenters. The summed E-state index contributed by atoms with van der Waals surface area (Å²) in [5, 5.41) is 3.38. The molecule has 0 amide bonds. The lowest BCUT2D eigenvalue weighted by Crippen LogP contribution is -2.43. The minimum atomic E-state index is -0.434. The molecule has 9 heteroatoms. The van der Waals surface area contributed by atoms with Crippen molar-refractivity contribution in [3.63, 3.8) is 0 Å². The third-order valence-corrected chi connectivity index (χ3v) is 7.11. The Morgan fingerprint density at radius 3 is 2.68 bits per heavy atom. The molecule has 3 heterocycles. The second-order valence-corrected chi connectivity index (χ2v) is 10.6. The quantitative estimate of drug-likeness (QED) is 0.367. The normalized spacial score (nSPS) is 16.2. The van der Waals surface area contributed by atoms with E-state index in [0.29, 0.717) is 24.6 Å². The predicted octanol–water partition coefficient (Wildman–Crippen LogP) is 3.82. The maximum absolute atomic E-state index is 12.8. The first-order valence-electron chi connectivity index (χ1n) is 13.5. The number of aromatic nitrogens is 3. The lowest BCUT2D eigenvalue weighted by Gasteiger charge is -2.24. The Morgan fingerprint density at radius 1 is 1.24 bits per heavy atom. The van der Waals surface area contributed by atoms with E-state index in [4.69, 9.17) is 19.2 Å². The van der Waals surface area contributed by atoms with Crippen LogP contribution in [0.5, 0.6) is 0 Å². The molecule has 206 valence electrons. The summed E-state index contributed by atoms with van der Waals surface area (Å²) in [7, 11) is 1.59. The molecule has 0 bridgehead atoms. The number of aryl methyl sites for hydroxylation is 1. The van der Waals surface area contributed by atoms with Gasteiger partial charge in [-0.1, -0.05) is 19.9 Å². The SMILES string of the molecule is COCC(C)OC(=O)C(NCc1ccc2c(c1)nc(-c1c[nH]c(=O)c(C)c1)n2CC1CCOCC1)C(C)C. The molecule has 1 aliphatic rings. The van der Waals surface area contributed by atoms with Gasteiger partial charge < -0.3 is 29.1 Å². The van der Waals surface area contributed by atoms with Crippen molar-refractivity contribution in [3.8, 4) is 11.4 Å². The highest BCUT2D eigenvalue weighted by Gasteiger charge is 2.25. The Bertz CT molecular complexity index is 1290. The lowest BCUT2D eigenvalue weighted by molar-refractivity contribution is -0.154. The summed E-state index contributed by atoms with van der Waals surface area (Å²) < 4.78 is 18.5. The number of rotatable bonds is 11. The van der Waals surface area contributed by atoms with E-state index in [0.717, 1.165) is 60.6 Å². The molecular weight excluding hydrogens is 484 g/mol. The van der Waals surface area contributed by atoms with Gasteiger partial charge >= 0.3 is 5.97 Å². The van der Waals surface area contributed by atoms with Crippen LogP contribution in [0.1, 0.15) is 44.7 Å². The number of methoxy groups -OCH3 is 1. The van der Waals surface area contributed by atoms with E-state index in [1.54, 1.807) is 13.3 Å². The fourth-order valence-electron chi connectivity index (χ4n) is 4.96. The molecule has 2 N–H and O–H groups in total. The number of aromatic amines is 1. The predicted molar refractivity (Wildman–Crippen MR) is 147 cm³/mol. The van der Waals surface area contributed by atoms with Crippen molar-refractivity contribution in [2.75, 3.05) is 26.9 Å². The number of esters is 1. The molecule has 9 nitrogen and oxygen atoms in total. The minimum absolute atomic E-state index is 0.0646. The number of carbonyl (C=O) groups excluding carboxylic acids is 1. The van der Waals surface area contributed by atoms with Gasteiger partial charge in [0.25, 0.3) is 5.56 Å². The van der Waals surface area contributed by atoms with Gasteiger partial charge in [-0.3, -0.25) is 9.59 Å². The summed E-state index contributed by atoms with van der Waals surface area (Å²) in [4.78, 5) is 32.6. The average Bonchev–Trinajstić information content (AvgIpc) is 3.23. The maximum atomic E-state index is 12.8. The number of H-pyrrole nitrogens is 1. The third kappa shape index (κ3) is 6.70. The van der Waals surface area contributed by atoms with Crippen LogP contribution in [-0.2, 0) is 32.1 Å². The van der Waals surface area contributed by atoms with Crippen LogP contribution in [0.4, 0.5) is 0 Å². The highest BCUT2D eigenvalue weighted by atomic mass is 16.6. The van der Waals surface area contributed by atoms with Gasteiger partial charge in [-0.2, -0.15) is 0 Å². The van der Waals surface area contributed by atoms with Crippen molar-refractivity contribution in [3.05, 3.63) is 51.9 Å². The minimum Gasteiger partial charge on any atom is -0.459 e. The van der Waals surface area contributed by atoms with Crippen molar-refractivity contribution in [2.24, 2.45) is 11.8 Å². The zero-order valence-electron chi connectivity index (χ0n) is 23.1. The van der Waals surface area contributed by atoms with Crippen molar-refractivity contribution < 1.29 is 19.0 Å². The summed E-state index contributed by atoms with van der Waals surface area (Å²) in [6, 6.07) is 7.71. The van der Waals surface area contributed by atoms with Crippen LogP contribution in [0.3, 0.4) is 0 Å². The van der Waals surface area contributed by atoms with E-state index < -0.39 is 6.04 Å². The Morgan fingerprint density at radius 2 is 2.00 bits per heavy atom. The molecule has 0 aliphatic carbocycles. The molecule has 38 heavy (non-hydrogen) atoms. The standard InChI is InChI=1S/C29H40N4O5/c1-18(2)26(29(35)38-20(4)17-36-5)30-14-22-6-7-25-24(13-22)32-27(23-12-19(3)28(34)31-15-23)33(25)16-21-8-10-37-11-9-21/h6-7,12-13,15,18,20-21,26,30H,8-11,14,16-17H2,1-5H3,(H,31,34). The van der Waals surface area contributed by atoms with Gasteiger partial charge in [0.2, 0.25) is 0 Å². The van der Waals surface area contributed by atoms with Crippen LogP contribution in [0.25, 0.3) is 22.4 Å². The molecule has 0 spiro atoms. The number of hydrogen-bond donors (Lipinski definition) is 2. The van der Waals surface area contributed by atoms with Crippen LogP contribution in [0.2, 0.25) is 0 Å². The molecule has 1 saturated heterocycles. The number of imidazole rings is 1. The monoisotopic (exact) mass is 524 g/mol. The summed E-state index contributed by atoms with van der Waals surface area (Å²) in [5.41, 5.74) is 4.41. The van der Waals surface area contributed by atoms with E-state index in [1.807, 2.05) is 33.8 Å². The Kier molecular flexibility index (Phi) is 9.35. The highest BCUT2D eigenvalue weighted by molar-refractivity contribution is 5.81. The van der Waals surface area contributed by atoms with Crippen LogP contribution >= 0.6 is 0 Å². The van der Waals surface area contributed by atoms with Gasteiger partial charge in [-0.15, -0.1) is 0 Å². The van der Waals surface area contributed by atoms with E-state index in [2.05, 4.69) is 33.1 Å².